The average molecular weight is 1740 g/mol. The number of alkyl halides is 6. The van der Waals surface area contributed by atoms with E-state index >= 15 is 0 Å². The smallest absolute Gasteiger partial charge is 0.397 e. The second-order valence-electron chi connectivity index (χ2n) is 24.8. The van der Waals surface area contributed by atoms with E-state index in [1.807, 2.05) is 46.2 Å². The van der Waals surface area contributed by atoms with Crippen LogP contribution in [0.25, 0.3) is 0 Å². The van der Waals surface area contributed by atoms with E-state index < -0.39 is 33.6 Å². The number of ketones is 2. The minimum Gasteiger partial charge on any atom is -0.397 e. The monoisotopic (exact) mass is 1740 g/mol. The third-order valence-corrected chi connectivity index (χ3v) is 15.7. The van der Waals surface area contributed by atoms with Crippen LogP contribution < -0.4 is 48.3 Å². The average Bonchev–Trinajstić information content (AvgIpc) is 0.819. The van der Waals surface area contributed by atoms with Crippen molar-refractivity contribution >= 4 is 92.0 Å². The molecule has 114 heavy (non-hydrogen) atoms. The molecule has 7 aromatic heterocycles. The number of aryl methyl sites for hydroxylation is 1. The van der Waals surface area contributed by atoms with Crippen LogP contribution in [0.15, 0.2) is 116 Å². The van der Waals surface area contributed by atoms with Crippen molar-refractivity contribution in [2.45, 2.75) is 98.0 Å². The number of pyridine rings is 7. The van der Waals surface area contributed by atoms with Crippen molar-refractivity contribution in [3.8, 4) is 0 Å². The van der Waals surface area contributed by atoms with Crippen LogP contribution in [0.5, 0.6) is 0 Å². The van der Waals surface area contributed by atoms with Gasteiger partial charge < -0.3 is 79.4 Å². The van der Waals surface area contributed by atoms with E-state index in [0.717, 1.165) is 93.0 Å². The van der Waals surface area contributed by atoms with E-state index in [1.165, 1.54) is 43.5 Å². The van der Waals surface area contributed by atoms with Crippen molar-refractivity contribution in [3.05, 3.63) is 182 Å². The summed E-state index contributed by atoms with van der Waals surface area (Å²) in [5.74, 6) is 5.01. The summed E-state index contributed by atoms with van der Waals surface area (Å²) in [7, 11) is 8.18. The Balaban J connectivity index is 0.00000137. The van der Waals surface area contributed by atoms with E-state index in [2.05, 4.69) is 86.3 Å². The molecule has 9 rings (SSSR count). The van der Waals surface area contributed by atoms with Crippen LogP contribution in [-0.2, 0) is 96.7 Å². The Kier molecular flexibility index (Phi) is 54.9. The van der Waals surface area contributed by atoms with Gasteiger partial charge in [0.25, 0.3) is 11.4 Å². The zero-order valence-electron chi connectivity index (χ0n) is 65.8. The number of hydrogen-bond donors (Lipinski definition) is 7. The van der Waals surface area contributed by atoms with E-state index in [1.54, 1.807) is 67.1 Å². The predicted octanol–water partition coefficient (Wildman–Crippen LogP) is 12.8. The molecule has 0 bridgehead atoms. The molecule has 0 amide bonds. The van der Waals surface area contributed by atoms with Crippen LogP contribution in [0.2, 0.25) is 5.15 Å². The third-order valence-electron chi connectivity index (χ3n) is 15.5. The summed E-state index contributed by atoms with van der Waals surface area (Å²) in [6.07, 6.45) is 3.48. The van der Waals surface area contributed by atoms with Gasteiger partial charge >= 0.3 is 12.4 Å². The minimum atomic E-state index is -4.50. The summed E-state index contributed by atoms with van der Waals surface area (Å²) in [6.45, 7) is 16.7. The molecule has 2 aliphatic rings. The SMILES string of the molecule is CC(=O)Cl.CC1CCN(c2nc(C(F)(F)F)ccc2CN)CC1.COCCN.COCCNc1ccc(CC(=O)CCc2ccc(C(F)(F)F)nc2N2CCC(C)CC2)cn1.COCCNc1ccc(CC(C)=O)cn1.COCCNc1ccc(N)cn1.COCCNc1ccc([N+](=O)[O-])cn1.O=[N+]([O-])c1ccc(Cl)nc1.[CH3-].[Pd]. The summed E-state index contributed by atoms with van der Waals surface area (Å²) < 4.78 is 102. The number of nitrogen functional groups attached to an aromatic ring is 1. The quantitative estimate of drug-likeness (QED) is 0.00321. The van der Waals surface area contributed by atoms with Gasteiger partial charge in [-0.15, -0.1) is 0 Å². The molecule has 30 nitrogen and oxygen atoms in total. The Labute approximate surface area is 685 Å². The Morgan fingerprint density at radius 2 is 0.895 bits per heavy atom. The summed E-state index contributed by atoms with van der Waals surface area (Å²) >= 11 is 10.0. The zero-order valence-corrected chi connectivity index (χ0v) is 68.8. The minimum absolute atomic E-state index is 0. The molecule has 2 saturated heterocycles. The first-order valence-electron chi connectivity index (χ1n) is 35.4. The van der Waals surface area contributed by atoms with Gasteiger partial charge in [-0.2, -0.15) is 26.3 Å². The maximum Gasteiger partial charge on any atom is 0.433 e. The van der Waals surface area contributed by atoms with Gasteiger partial charge in [-0.3, -0.25) is 34.6 Å². The van der Waals surface area contributed by atoms with E-state index in [9.17, 15) is 61.0 Å². The number of rotatable bonds is 30. The van der Waals surface area contributed by atoms with Gasteiger partial charge in [0.2, 0.25) is 5.24 Å². The molecule has 2 fully saturated rings. The fourth-order valence-electron chi connectivity index (χ4n) is 9.58. The number of halogens is 8. The number of nitrogens with zero attached hydrogens (tertiary/aromatic N) is 11. The molecular formula is C75H107Cl2F6N18O12Pd-. The predicted molar refractivity (Wildman–Crippen MR) is 428 cm³/mol. The molecule has 636 valence electrons. The van der Waals surface area contributed by atoms with E-state index in [4.69, 9.17) is 47.7 Å². The van der Waals surface area contributed by atoms with Crippen molar-refractivity contribution < 1.29 is 94.7 Å². The number of carbonyl (C=O) groups excluding carboxylic acids is 3. The number of ether oxygens (including phenoxy) is 5. The Morgan fingerprint density at radius 1 is 0.535 bits per heavy atom. The molecular weight excluding hydrogens is 1640 g/mol. The molecule has 7 aromatic rings. The number of piperidine rings is 2. The van der Waals surface area contributed by atoms with Crippen molar-refractivity contribution in [2.24, 2.45) is 23.3 Å². The van der Waals surface area contributed by atoms with Crippen molar-refractivity contribution in [1.82, 2.24) is 34.9 Å². The maximum atomic E-state index is 13.2. The van der Waals surface area contributed by atoms with Gasteiger partial charge in [0.05, 0.1) is 54.8 Å². The molecule has 0 saturated carbocycles. The Bertz CT molecular complexity index is 3790. The molecule has 0 radical (unpaired) electrons. The van der Waals surface area contributed by atoms with E-state index in [-0.39, 0.29) is 80.6 Å². The first-order chi connectivity index (χ1) is 53.3. The van der Waals surface area contributed by atoms with Gasteiger partial charge in [0, 0.05) is 178 Å². The van der Waals surface area contributed by atoms with Crippen LogP contribution >= 0.6 is 23.2 Å². The fourth-order valence-corrected chi connectivity index (χ4v) is 9.70. The largest absolute Gasteiger partial charge is 0.433 e. The van der Waals surface area contributed by atoms with Crippen LogP contribution in [-0.4, -0.2) is 189 Å². The summed E-state index contributed by atoms with van der Waals surface area (Å²) in [6, 6.07) is 21.6. The molecule has 2 aliphatic heterocycles. The van der Waals surface area contributed by atoms with Crippen molar-refractivity contribution in [2.75, 3.05) is 164 Å². The maximum absolute atomic E-state index is 13.2. The van der Waals surface area contributed by atoms with Crippen LogP contribution in [0.3, 0.4) is 0 Å². The van der Waals surface area contributed by atoms with Crippen LogP contribution in [0.4, 0.5) is 78.3 Å². The van der Waals surface area contributed by atoms with Gasteiger partial charge in [-0.05, 0) is 128 Å². The van der Waals surface area contributed by atoms with Crippen LogP contribution in [0.1, 0.15) is 93.4 Å². The zero-order chi connectivity index (χ0) is 83.4. The number of hydrogen-bond acceptors (Lipinski definition) is 28. The summed E-state index contributed by atoms with van der Waals surface area (Å²) in [4.78, 5) is 83.5. The third kappa shape index (κ3) is 46.4. The summed E-state index contributed by atoms with van der Waals surface area (Å²) in [5.41, 5.74) is 18.0. The summed E-state index contributed by atoms with van der Waals surface area (Å²) in [5, 5.41) is 32.5. The topological polar surface area (TPSA) is 407 Å². The standard InChI is InChI=1S/C24H31F3N4O2.C13H18F3N3.C11H16N2O2.C8H11N3O3.C8H13N3O.C5H3ClN2O2.C3H9NO.C2H3ClO.CH3.Pd/c1-17-9-12-31(13-10-17)23-19(5-7-21(30-23)24(25,26)27)4-6-20(32)15-18-3-8-22(29-16-18)28-11-14-33-2;1-9-4-6-19(7-5-9)12-10(8-17)2-3-11(18-12)13(14,15)16;1-9(14)7-10-3-4-11(13-8-10)12-5-6-15-2;1-14-5-4-9-8-3-2-7(6-10-8)11(12)13;1-12-5-4-10-8-3-2-7(9)6-11-8;6-5-2-1-4(3-7-5)8(9)10;1-5-3-2-4;1-2(3)4;;/h3,5,7-8,16-17H,4,6,9-15H2,1-2H3,(H,28,29);2-3,9H,4-8,17H2,1H3;3-4,8H,5-7H2,1-2H3,(H,12,13);2-3,6H,4-5H2,1H3,(H,9,10);2-3,6H,4-5,9H2,1H3,(H,10,11);1-3H;2-4H2,1H3;1H3;1H3;/q;;;;;;;;-1;. The van der Waals surface area contributed by atoms with Gasteiger partial charge in [0.15, 0.2) is 0 Å². The van der Waals surface area contributed by atoms with Gasteiger partial charge in [0.1, 0.15) is 75.4 Å². The molecule has 9 heterocycles. The van der Waals surface area contributed by atoms with E-state index in [0.29, 0.717) is 131 Å². The number of nitrogens with two attached hydrogens (primary N) is 3. The number of carbonyl (C=O) groups is 3. The molecule has 0 unspecified atom stereocenters. The number of anilines is 7. The Morgan fingerprint density at radius 3 is 1.20 bits per heavy atom. The number of nitrogens with one attached hydrogen (secondary N) is 4. The first-order valence-corrected chi connectivity index (χ1v) is 36.2. The Hall–Kier alpha value is -9.00. The second kappa shape index (κ2) is 59.7. The molecule has 0 aliphatic carbocycles. The van der Waals surface area contributed by atoms with Crippen molar-refractivity contribution in [3.63, 3.8) is 0 Å². The molecule has 39 heteroatoms. The molecule has 0 aromatic carbocycles. The molecule has 0 spiro atoms. The van der Waals surface area contributed by atoms with Gasteiger partial charge in [-0.25, -0.2) is 34.9 Å². The number of Topliss-reactive ketones (excluding diaryl/α,β-unsaturated/α-hetero) is 2. The molecule has 10 N–H and O–H groups in total. The van der Waals surface area contributed by atoms with Gasteiger partial charge in [-0.1, -0.05) is 49.7 Å². The first kappa shape index (κ1) is 105. The number of methoxy groups -OCH3 is 5. The van der Waals surface area contributed by atoms with Crippen LogP contribution in [0, 0.1) is 39.5 Å². The fraction of sp³-hybridized carbons (Fsp3) is 0.480. The molecule has 0 atom stereocenters. The number of nitro groups is 2. The normalized spacial score (nSPS) is 12.3. The number of aromatic nitrogens is 7. The van der Waals surface area contributed by atoms with Crippen molar-refractivity contribution in [1.29, 1.82) is 0 Å². The second-order valence-corrected chi connectivity index (χ2v) is 25.7.